The standard InChI is InChI=1S/C29H29ClF2N4O3S/c30-26-16(2-1-3-17(26)29(14-33)10-11-29)27(38)35-21-13-23(19(32)12-18(21)31)39-24-8-6-20-28(36-24)40-25(34-20)9-7-22(37)15-4-5-15/h1,3,6,8,12-13,15-16,20,22,27-28,35,37-38H,2,4-5,7,9-11H2. The fourth-order valence-electron chi connectivity index (χ4n) is 5.26. The van der Waals surface area contributed by atoms with Crippen LogP contribution in [0.15, 0.2) is 57.0 Å². The molecule has 3 aliphatic carbocycles. The highest BCUT2D eigenvalue weighted by Crippen LogP contribution is 2.55. The highest BCUT2D eigenvalue weighted by atomic mass is 35.5. The maximum absolute atomic E-state index is 14.7. The Bertz CT molecular complexity index is 1400. The summed E-state index contributed by atoms with van der Waals surface area (Å²) in [7, 11) is 0. The molecule has 1 aromatic carbocycles. The van der Waals surface area contributed by atoms with Crippen LogP contribution in [0, 0.1) is 40.2 Å². The van der Waals surface area contributed by atoms with Gasteiger partial charge in [-0.15, -0.1) is 0 Å². The van der Waals surface area contributed by atoms with Crippen molar-refractivity contribution >= 4 is 40.0 Å². The van der Waals surface area contributed by atoms with E-state index in [1.165, 1.54) is 11.8 Å². The Balaban J connectivity index is 1.11. The zero-order valence-corrected chi connectivity index (χ0v) is 23.1. The van der Waals surface area contributed by atoms with Crippen molar-refractivity contribution in [1.29, 1.82) is 5.26 Å². The van der Waals surface area contributed by atoms with Crippen LogP contribution in [-0.2, 0) is 0 Å². The van der Waals surface area contributed by atoms with Crippen LogP contribution in [0.5, 0.6) is 5.75 Å². The first-order valence-corrected chi connectivity index (χ1v) is 14.8. The van der Waals surface area contributed by atoms with Gasteiger partial charge < -0.3 is 20.3 Å². The van der Waals surface area contributed by atoms with E-state index in [4.69, 9.17) is 16.3 Å². The van der Waals surface area contributed by atoms with Gasteiger partial charge in [0.2, 0.25) is 5.90 Å². The third-order valence-electron chi connectivity index (χ3n) is 8.01. The number of thioether (sulfide) groups is 1. The molecule has 0 amide bonds. The van der Waals surface area contributed by atoms with Crippen LogP contribution in [0.3, 0.4) is 0 Å². The van der Waals surface area contributed by atoms with Crippen molar-refractivity contribution in [2.45, 2.75) is 68.7 Å². The number of hydrogen-bond donors (Lipinski definition) is 3. The summed E-state index contributed by atoms with van der Waals surface area (Å²) in [5, 5.41) is 34.4. The summed E-state index contributed by atoms with van der Waals surface area (Å²) in [5.41, 5.74) is -0.0872. The lowest BCUT2D eigenvalue weighted by Gasteiger charge is -2.28. The number of allylic oxidation sites excluding steroid dienone is 3. The zero-order chi connectivity index (χ0) is 28.0. The lowest BCUT2D eigenvalue weighted by molar-refractivity contribution is 0.144. The molecule has 0 radical (unpaired) electrons. The quantitative estimate of drug-likeness (QED) is 0.315. The van der Waals surface area contributed by atoms with E-state index >= 15 is 0 Å². The number of aliphatic hydroxyl groups excluding tert-OH is 2. The van der Waals surface area contributed by atoms with Crippen molar-refractivity contribution in [3.8, 4) is 11.8 Å². The Hall–Kier alpha value is -2.71. The molecule has 5 atom stereocenters. The van der Waals surface area contributed by atoms with E-state index < -0.39 is 29.2 Å². The minimum absolute atomic E-state index is 0.153. The second-order valence-electron chi connectivity index (χ2n) is 10.9. The Morgan fingerprint density at radius 1 is 1.20 bits per heavy atom. The Kier molecular flexibility index (Phi) is 7.51. The van der Waals surface area contributed by atoms with Gasteiger partial charge in [-0.05, 0) is 62.5 Å². The minimum Gasteiger partial charge on any atom is -0.436 e. The zero-order valence-electron chi connectivity index (χ0n) is 21.6. The van der Waals surface area contributed by atoms with Crippen LogP contribution in [0.2, 0.25) is 0 Å². The SMILES string of the molecule is N#CC1(C2=C(Cl)C(C(O)Nc3cc(OC4=NC5SC(CCC(O)C6CC6)=NC5C=C4)c(F)cc3F)CC=C2)CC1. The molecular formula is C29H29ClF2N4O3S. The number of ether oxygens (including phenoxy) is 1. The monoisotopic (exact) mass is 586 g/mol. The van der Waals surface area contributed by atoms with E-state index in [1.807, 2.05) is 18.2 Å². The van der Waals surface area contributed by atoms with Gasteiger partial charge in [-0.3, -0.25) is 4.99 Å². The summed E-state index contributed by atoms with van der Waals surface area (Å²) < 4.78 is 35.1. The minimum atomic E-state index is -1.29. The second-order valence-corrected chi connectivity index (χ2v) is 12.5. The lowest BCUT2D eigenvalue weighted by atomic mass is 9.86. The van der Waals surface area contributed by atoms with Crippen molar-refractivity contribution < 1.29 is 23.7 Å². The molecule has 210 valence electrons. The third-order valence-corrected chi connectivity index (χ3v) is 9.70. The molecule has 2 aliphatic heterocycles. The van der Waals surface area contributed by atoms with Crippen molar-refractivity contribution in [1.82, 2.24) is 0 Å². The molecule has 3 N–H and O–H groups in total. The molecule has 0 bridgehead atoms. The molecule has 5 unspecified atom stereocenters. The number of aliphatic imine (C=N–C) groups is 2. The molecule has 0 saturated heterocycles. The van der Waals surface area contributed by atoms with Crippen LogP contribution in [0.4, 0.5) is 14.5 Å². The number of dihydropyridines is 1. The first-order valence-electron chi connectivity index (χ1n) is 13.5. The van der Waals surface area contributed by atoms with Crippen molar-refractivity contribution in [3.05, 3.63) is 58.7 Å². The largest absolute Gasteiger partial charge is 0.436 e. The lowest BCUT2D eigenvalue weighted by Crippen LogP contribution is -2.31. The van der Waals surface area contributed by atoms with Crippen molar-refractivity contribution in [2.75, 3.05) is 5.32 Å². The number of fused-ring (bicyclic) bond motifs is 1. The van der Waals surface area contributed by atoms with E-state index in [2.05, 4.69) is 21.4 Å². The Morgan fingerprint density at radius 3 is 2.73 bits per heavy atom. The molecule has 11 heteroatoms. The third kappa shape index (κ3) is 5.57. The fourth-order valence-corrected chi connectivity index (χ4v) is 6.86. The summed E-state index contributed by atoms with van der Waals surface area (Å²) in [6.07, 6.45) is 10.9. The van der Waals surface area contributed by atoms with Crippen LogP contribution < -0.4 is 10.1 Å². The van der Waals surface area contributed by atoms with Gasteiger partial charge in [0.05, 0.1) is 28.3 Å². The summed E-state index contributed by atoms with van der Waals surface area (Å²) in [6, 6.07) is 3.99. The number of nitrogens with zero attached hydrogens (tertiary/aromatic N) is 3. The van der Waals surface area contributed by atoms with Crippen LogP contribution >= 0.6 is 23.4 Å². The number of halogens is 3. The number of benzene rings is 1. The summed E-state index contributed by atoms with van der Waals surface area (Å²) in [5.74, 6) is -2.07. The number of hydrogen-bond acceptors (Lipinski definition) is 8. The molecule has 2 fully saturated rings. The predicted molar refractivity (Wildman–Crippen MR) is 151 cm³/mol. The van der Waals surface area contributed by atoms with Gasteiger partial charge >= 0.3 is 0 Å². The van der Waals surface area contributed by atoms with Gasteiger partial charge in [0.25, 0.3) is 0 Å². The van der Waals surface area contributed by atoms with Crippen molar-refractivity contribution in [2.24, 2.45) is 27.2 Å². The number of anilines is 1. The summed E-state index contributed by atoms with van der Waals surface area (Å²) in [6.45, 7) is 0. The van der Waals surface area contributed by atoms with E-state index in [0.717, 1.165) is 24.0 Å². The van der Waals surface area contributed by atoms with Crippen LogP contribution in [-0.4, -0.2) is 44.9 Å². The molecule has 5 aliphatic rings. The topological polar surface area (TPSA) is 110 Å². The highest BCUT2D eigenvalue weighted by molar-refractivity contribution is 8.14. The summed E-state index contributed by atoms with van der Waals surface area (Å²) in [4.78, 5) is 9.23. The van der Waals surface area contributed by atoms with Crippen molar-refractivity contribution in [3.63, 3.8) is 0 Å². The van der Waals surface area contributed by atoms with Gasteiger partial charge in [-0.2, -0.15) is 5.26 Å². The van der Waals surface area contributed by atoms with Gasteiger partial charge in [-0.25, -0.2) is 13.8 Å². The maximum Gasteiger partial charge on any atom is 0.215 e. The molecule has 7 nitrogen and oxygen atoms in total. The van der Waals surface area contributed by atoms with Crippen LogP contribution in [0.1, 0.15) is 44.9 Å². The van der Waals surface area contributed by atoms with E-state index in [1.54, 1.807) is 6.08 Å². The van der Waals surface area contributed by atoms with Gasteiger partial charge in [0.1, 0.15) is 23.5 Å². The maximum atomic E-state index is 14.7. The number of nitrogens with one attached hydrogen (secondary N) is 1. The Labute approximate surface area is 240 Å². The first-order chi connectivity index (χ1) is 19.3. The molecule has 0 spiro atoms. The first kappa shape index (κ1) is 27.5. The smallest absolute Gasteiger partial charge is 0.215 e. The molecule has 1 aromatic rings. The van der Waals surface area contributed by atoms with E-state index in [9.17, 15) is 24.3 Å². The normalized spacial score (nSPS) is 27.9. The van der Waals surface area contributed by atoms with Gasteiger partial charge in [0.15, 0.2) is 11.6 Å². The van der Waals surface area contributed by atoms with E-state index in [0.29, 0.717) is 54.7 Å². The van der Waals surface area contributed by atoms with E-state index in [-0.39, 0.29) is 34.9 Å². The molecule has 2 heterocycles. The number of rotatable bonds is 9. The summed E-state index contributed by atoms with van der Waals surface area (Å²) >= 11 is 8.10. The molecule has 2 saturated carbocycles. The second kappa shape index (κ2) is 10.9. The highest BCUT2D eigenvalue weighted by Gasteiger charge is 2.48. The molecule has 6 rings (SSSR count). The average molecular weight is 587 g/mol. The number of aliphatic hydroxyl groups is 2. The van der Waals surface area contributed by atoms with Crippen LogP contribution in [0.25, 0.3) is 0 Å². The molecule has 40 heavy (non-hydrogen) atoms. The molecule has 0 aromatic heterocycles. The average Bonchev–Trinajstić information content (AvgIpc) is 3.87. The van der Waals surface area contributed by atoms with Gasteiger partial charge in [0, 0.05) is 23.1 Å². The molecular weight excluding hydrogens is 558 g/mol. The van der Waals surface area contributed by atoms with Gasteiger partial charge in [-0.1, -0.05) is 41.6 Å². The Morgan fingerprint density at radius 2 is 2.00 bits per heavy atom. The fraction of sp³-hybridized carbons (Fsp3) is 0.483. The number of nitriles is 1. The predicted octanol–water partition coefficient (Wildman–Crippen LogP) is 5.81.